The fourth-order valence-electron chi connectivity index (χ4n) is 1.84. The molecule has 2 heterocycles. The number of rotatable bonds is 4. The lowest BCUT2D eigenvalue weighted by Crippen LogP contribution is -2.16. The minimum atomic E-state index is 0.148. The molecule has 16 heavy (non-hydrogen) atoms. The number of ether oxygens (including phenoxy) is 1. The van der Waals surface area contributed by atoms with Crippen molar-refractivity contribution in [3.63, 3.8) is 0 Å². The highest BCUT2D eigenvalue weighted by molar-refractivity contribution is 5.00. The molecular weight excluding hydrogens is 206 g/mol. The molecule has 0 saturated carbocycles. The van der Waals surface area contributed by atoms with Gasteiger partial charge in [-0.15, -0.1) is 0 Å². The van der Waals surface area contributed by atoms with Crippen molar-refractivity contribution in [3.8, 4) is 0 Å². The number of nitrogens with one attached hydrogen (secondary N) is 1. The van der Waals surface area contributed by atoms with Gasteiger partial charge in [-0.3, -0.25) is 0 Å². The van der Waals surface area contributed by atoms with Gasteiger partial charge in [-0.05, 0) is 12.8 Å². The Bertz CT molecular complexity index is 340. The lowest BCUT2D eigenvalue weighted by Gasteiger charge is -2.04. The fourth-order valence-corrected chi connectivity index (χ4v) is 1.84. The van der Waals surface area contributed by atoms with Crippen LogP contribution in [0.5, 0.6) is 0 Å². The Balaban J connectivity index is 2.02. The standard InChI is InChI=1S/C11H19N3O2/c1-4-7(2)10-13-11(16-14-10)9-5-8(15-3)6-12-9/h7-9,12H,4-6H2,1-3H3. The summed E-state index contributed by atoms with van der Waals surface area (Å²) in [5.74, 6) is 1.85. The number of aromatic nitrogens is 2. The zero-order chi connectivity index (χ0) is 11.5. The second-order valence-electron chi connectivity index (χ2n) is 4.35. The summed E-state index contributed by atoms with van der Waals surface area (Å²) in [6.45, 7) is 5.08. The fraction of sp³-hybridized carbons (Fsp3) is 0.818. The molecule has 0 spiro atoms. The van der Waals surface area contributed by atoms with Crippen molar-refractivity contribution in [1.82, 2.24) is 15.5 Å². The van der Waals surface area contributed by atoms with Gasteiger partial charge in [-0.2, -0.15) is 4.98 Å². The maximum atomic E-state index is 5.29. The number of hydrogen-bond donors (Lipinski definition) is 1. The first kappa shape index (κ1) is 11.5. The third-order valence-corrected chi connectivity index (χ3v) is 3.23. The predicted molar refractivity (Wildman–Crippen MR) is 59.2 cm³/mol. The van der Waals surface area contributed by atoms with Gasteiger partial charge in [0.2, 0.25) is 5.89 Å². The van der Waals surface area contributed by atoms with E-state index < -0.39 is 0 Å². The molecule has 1 aromatic heterocycles. The molecule has 1 aliphatic rings. The van der Waals surface area contributed by atoms with Crippen LogP contribution < -0.4 is 5.32 Å². The molecule has 90 valence electrons. The van der Waals surface area contributed by atoms with E-state index in [1.807, 2.05) is 0 Å². The topological polar surface area (TPSA) is 60.2 Å². The first-order chi connectivity index (χ1) is 7.74. The number of methoxy groups -OCH3 is 1. The summed E-state index contributed by atoms with van der Waals surface area (Å²) in [4.78, 5) is 4.44. The van der Waals surface area contributed by atoms with Gasteiger partial charge in [0.1, 0.15) is 0 Å². The minimum absolute atomic E-state index is 0.148. The molecule has 3 unspecified atom stereocenters. The summed E-state index contributed by atoms with van der Waals surface area (Å²) >= 11 is 0. The highest BCUT2D eigenvalue weighted by atomic mass is 16.5. The molecule has 0 radical (unpaired) electrons. The molecule has 5 nitrogen and oxygen atoms in total. The van der Waals surface area contributed by atoms with Crippen LogP contribution in [0.4, 0.5) is 0 Å². The molecule has 0 amide bonds. The van der Waals surface area contributed by atoms with Gasteiger partial charge in [0.25, 0.3) is 0 Å². The smallest absolute Gasteiger partial charge is 0.243 e. The normalized spacial score (nSPS) is 27.2. The Morgan fingerprint density at radius 3 is 3.06 bits per heavy atom. The highest BCUT2D eigenvalue weighted by Gasteiger charge is 2.29. The van der Waals surface area contributed by atoms with Crippen LogP contribution >= 0.6 is 0 Å². The van der Waals surface area contributed by atoms with Gasteiger partial charge in [0.05, 0.1) is 12.1 Å². The molecule has 0 aromatic carbocycles. The van der Waals surface area contributed by atoms with Crippen molar-refractivity contribution in [2.24, 2.45) is 0 Å². The van der Waals surface area contributed by atoms with E-state index in [0.29, 0.717) is 11.8 Å². The van der Waals surface area contributed by atoms with Gasteiger partial charge < -0.3 is 14.6 Å². The average Bonchev–Trinajstić information content (AvgIpc) is 2.95. The van der Waals surface area contributed by atoms with Gasteiger partial charge >= 0.3 is 0 Å². The second kappa shape index (κ2) is 4.93. The van der Waals surface area contributed by atoms with E-state index >= 15 is 0 Å². The highest BCUT2D eigenvalue weighted by Crippen LogP contribution is 2.25. The maximum absolute atomic E-state index is 5.29. The average molecular weight is 225 g/mol. The van der Waals surface area contributed by atoms with Gasteiger partial charge in [-0.1, -0.05) is 19.0 Å². The van der Waals surface area contributed by atoms with Crippen LogP contribution in [0.3, 0.4) is 0 Å². The zero-order valence-corrected chi connectivity index (χ0v) is 10.1. The Kier molecular flexibility index (Phi) is 3.56. The summed E-state index contributed by atoms with van der Waals surface area (Å²) in [6, 6.07) is 0.148. The van der Waals surface area contributed by atoms with Gasteiger partial charge in [-0.25, -0.2) is 0 Å². The molecule has 1 aromatic rings. The molecule has 2 rings (SSSR count). The number of nitrogens with zero attached hydrogens (tertiary/aromatic N) is 2. The van der Waals surface area contributed by atoms with Crippen molar-refractivity contribution < 1.29 is 9.26 Å². The second-order valence-corrected chi connectivity index (χ2v) is 4.35. The van der Waals surface area contributed by atoms with Crippen LogP contribution in [0.1, 0.15) is 50.4 Å². The van der Waals surface area contributed by atoms with E-state index in [9.17, 15) is 0 Å². The van der Waals surface area contributed by atoms with Crippen molar-refractivity contribution in [1.29, 1.82) is 0 Å². The lowest BCUT2D eigenvalue weighted by atomic mass is 10.1. The Labute approximate surface area is 95.6 Å². The maximum Gasteiger partial charge on any atom is 0.243 e. The Morgan fingerprint density at radius 2 is 2.44 bits per heavy atom. The summed E-state index contributed by atoms with van der Waals surface area (Å²) in [6.07, 6.45) is 2.18. The van der Waals surface area contributed by atoms with E-state index in [0.717, 1.165) is 25.2 Å². The largest absolute Gasteiger partial charge is 0.380 e. The lowest BCUT2D eigenvalue weighted by molar-refractivity contribution is 0.116. The molecule has 3 atom stereocenters. The molecule has 1 fully saturated rings. The molecule has 0 aliphatic carbocycles. The summed E-state index contributed by atoms with van der Waals surface area (Å²) in [5.41, 5.74) is 0. The SMILES string of the molecule is CCC(C)c1noc(C2CC(OC)CN2)n1. The van der Waals surface area contributed by atoms with Crippen molar-refractivity contribution in [2.75, 3.05) is 13.7 Å². The van der Waals surface area contributed by atoms with Crippen molar-refractivity contribution >= 4 is 0 Å². The molecule has 0 bridgehead atoms. The van der Waals surface area contributed by atoms with E-state index in [2.05, 4.69) is 29.3 Å². The van der Waals surface area contributed by atoms with Crippen LogP contribution in [-0.4, -0.2) is 29.9 Å². The summed E-state index contributed by atoms with van der Waals surface area (Å²) in [5, 5.41) is 7.34. The van der Waals surface area contributed by atoms with Gasteiger partial charge in [0, 0.05) is 19.6 Å². The minimum Gasteiger partial charge on any atom is -0.380 e. The summed E-state index contributed by atoms with van der Waals surface area (Å²) < 4.78 is 10.6. The van der Waals surface area contributed by atoms with Crippen LogP contribution in [-0.2, 0) is 4.74 Å². The molecule has 5 heteroatoms. The predicted octanol–water partition coefficient (Wildman–Crippen LogP) is 1.63. The molecule has 1 aliphatic heterocycles. The van der Waals surface area contributed by atoms with Crippen LogP contribution in [0.25, 0.3) is 0 Å². The van der Waals surface area contributed by atoms with Crippen LogP contribution in [0.15, 0.2) is 4.52 Å². The van der Waals surface area contributed by atoms with Crippen LogP contribution in [0.2, 0.25) is 0 Å². The Hall–Kier alpha value is -0.940. The molecule has 1 saturated heterocycles. The third-order valence-electron chi connectivity index (χ3n) is 3.23. The monoisotopic (exact) mass is 225 g/mol. The third kappa shape index (κ3) is 2.25. The first-order valence-corrected chi connectivity index (χ1v) is 5.84. The zero-order valence-electron chi connectivity index (χ0n) is 10.1. The number of hydrogen-bond acceptors (Lipinski definition) is 5. The first-order valence-electron chi connectivity index (χ1n) is 5.84. The molecular formula is C11H19N3O2. The quantitative estimate of drug-likeness (QED) is 0.844. The van der Waals surface area contributed by atoms with E-state index in [-0.39, 0.29) is 12.1 Å². The summed E-state index contributed by atoms with van der Waals surface area (Å²) in [7, 11) is 1.73. The van der Waals surface area contributed by atoms with Crippen molar-refractivity contribution in [3.05, 3.63) is 11.7 Å². The molecule has 1 N–H and O–H groups in total. The van der Waals surface area contributed by atoms with E-state index in [1.54, 1.807) is 7.11 Å². The van der Waals surface area contributed by atoms with E-state index in [4.69, 9.17) is 9.26 Å². The van der Waals surface area contributed by atoms with E-state index in [1.165, 1.54) is 0 Å². The van der Waals surface area contributed by atoms with Gasteiger partial charge in [0.15, 0.2) is 5.82 Å². The van der Waals surface area contributed by atoms with Crippen molar-refractivity contribution in [2.45, 2.75) is 44.8 Å². The Morgan fingerprint density at radius 1 is 1.62 bits per heavy atom. The van der Waals surface area contributed by atoms with Crippen LogP contribution in [0, 0.1) is 0 Å².